The molecule has 0 saturated heterocycles. The van der Waals surface area contributed by atoms with E-state index in [0.717, 1.165) is 38.9 Å². The minimum atomic E-state index is -0.460. The average molecular weight is 700 g/mol. The lowest BCUT2D eigenvalue weighted by atomic mass is 9.70. The zero-order chi connectivity index (χ0) is 35.8. The van der Waals surface area contributed by atoms with E-state index in [4.69, 9.17) is 14.4 Å². The summed E-state index contributed by atoms with van der Waals surface area (Å²) in [6.45, 7) is 0. The number of benzene rings is 8. The molecule has 0 aliphatic heterocycles. The van der Waals surface area contributed by atoms with Gasteiger partial charge >= 0.3 is 0 Å². The number of rotatable bonds is 2. The Balaban J connectivity index is 1.17. The Morgan fingerprint density at radius 1 is 0.436 bits per heavy atom. The summed E-state index contributed by atoms with van der Waals surface area (Å²) in [4.78, 5) is 11.1. The van der Waals surface area contributed by atoms with Gasteiger partial charge in [-0.25, -0.2) is 9.97 Å². The minimum absolute atomic E-state index is 0.460. The predicted molar refractivity (Wildman–Crippen MR) is 223 cm³/mol. The number of hydrogen-bond donors (Lipinski definition) is 0. The summed E-state index contributed by atoms with van der Waals surface area (Å²) in [5.74, 6) is 1.40. The van der Waals surface area contributed by atoms with Crippen molar-refractivity contribution in [2.24, 2.45) is 0 Å². The van der Waals surface area contributed by atoms with Crippen molar-refractivity contribution in [1.82, 2.24) is 14.5 Å². The molecule has 0 saturated carbocycles. The van der Waals surface area contributed by atoms with Gasteiger partial charge in [0.05, 0.1) is 16.4 Å². The molecule has 0 N–H and O–H groups in total. The molecule has 13 rings (SSSR count). The second kappa shape index (κ2) is 10.4. The first-order valence-electron chi connectivity index (χ1n) is 18.8. The van der Waals surface area contributed by atoms with Crippen molar-refractivity contribution in [3.63, 3.8) is 0 Å². The van der Waals surface area contributed by atoms with E-state index >= 15 is 0 Å². The summed E-state index contributed by atoms with van der Waals surface area (Å²) in [5.41, 5.74) is 15.1. The van der Waals surface area contributed by atoms with E-state index in [1.807, 2.05) is 12.1 Å². The van der Waals surface area contributed by atoms with Crippen molar-refractivity contribution < 1.29 is 4.42 Å². The molecule has 11 aromatic rings. The van der Waals surface area contributed by atoms with Gasteiger partial charge in [0.15, 0.2) is 17.2 Å². The fraction of sp³-hybridized carbons (Fsp3) is 0.0196. The van der Waals surface area contributed by atoms with Gasteiger partial charge in [0.1, 0.15) is 11.1 Å². The molecular formula is C51H29N3O. The number of nitrogens with zero attached hydrogens (tertiary/aromatic N) is 3. The topological polar surface area (TPSA) is 43.9 Å². The monoisotopic (exact) mass is 699 g/mol. The predicted octanol–water partition coefficient (Wildman–Crippen LogP) is 12.6. The highest BCUT2D eigenvalue weighted by atomic mass is 16.3. The first kappa shape index (κ1) is 29.2. The second-order valence-corrected chi connectivity index (χ2v) is 14.8. The van der Waals surface area contributed by atoms with E-state index in [0.29, 0.717) is 11.4 Å². The normalized spacial score (nSPS) is 13.6. The molecule has 4 heteroatoms. The molecule has 0 unspecified atom stereocenters. The van der Waals surface area contributed by atoms with Gasteiger partial charge in [-0.05, 0) is 85.6 Å². The Morgan fingerprint density at radius 3 is 1.80 bits per heavy atom. The van der Waals surface area contributed by atoms with Crippen LogP contribution in [0.2, 0.25) is 0 Å². The third kappa shape index (κ3) is 3.61. The number of aromatic nitrogens is 3. The van der Waals surface area contributed by atoms with Crippen LogP contribution >= 0.6 is 0 Å². The van der Waals surface area contributed by atoms with Gasteiger partial charge in [0.2, 0.25) is 0 Å². The van der Waals surface area contributed by atoms with Crippen molar-refractivity contribution in [2.45, 2.75) is 5.41 Å². The molecule has 4 nitrogen and oxygen atoms in total. The SMILES string of the molecule is c1ccc2c(c1)-c1ccccc1C21c2ccccc2-c2c(-c3nc(-n4c5ccccc5c5cc6ccccc6cc54)c4oc5ccccc5c4n3)cccc21. The van der Waals surface area contributed by atoms with Crippen LogP contribution in [-0.4, -0.2) is 14.5 Å². The maximum Gasteiger partial charge on any atom is 0.197 e. The molecule has 8 aromatic carbocycles. The average Bonchev–Trinajstić information content (AvgIpc) is 3.96. The second-order valence-electron chi connectivity index (χ2n) is 14.8. The van der Waals surface area contributed by atoms with Crippen LogP contribution in [0.3, 0.4) is 0 Å². The van der Waals surface area contributed by atoms with Gasteiger partial charge in [0, 0.05) is 21.7 Å². The molecule has 1 spiro atoms. The molecule has 254 valence electrons. The van der Waals surface area contributed by atoms with Crippen LogP contribution in [0.25, 0.3) is 94.1 Å². The Kier molecular flexibility index (Phi) is 5.54. The van der Waals surface area contributed by atoms with E-state index in [-0.39, 0.29) is 0 Å². The van der Waals surface area contributed by atoms with Crippen LogP contribution < -0.4 is 0 Å². The lowest BCUT2D eigenvalue weighted by Crippen LogP contribution is -2.25. The first-order valence-corrected chi connectivity index (χ1v) is 18.8. The minimum Gasteiger partial charge on any atom is -0.450 e. The van der Waals surface area contributed by atoms with E-state index in [1.165, 1.54) is 66.1 Å². The van der Waals surface area contributed by atoms with Crippen LogP contribution in [0.4, 0.5) is 0 Å². The number of hydrogen-bond acceptors (Lipinski definition) is 3. The quantitative estimate of drug-likeness (QED) is 0.180. The van der Waals surface area contributed by atoms with E-state index in [1.54, 1.807) is 0 Å². The van der Waals surface area contributed by atoms with Gasteiger partial charge in [-0.3, -0.25) is 4.57 Å². The van der Waals surface area contributed by atoms with Crippen LogP contribution in [0.15, 0.2) is 180 Å². The molecule has 0 atom stereocenters. The maximum absolute atomic E-state index is 6.74. The maximum atomic E-state index is 6.74. The highest BCUT2D eigenvalue weighted by Gasteiger charge is 2.52. The highest BCUT2D eigenvalue weighted by molar-refractivity contribution is 6.15. The van der Waals surface area contributed by atoms with Gasteiger partial charge in [-0.1, -0.05) is 146 Å². The van der Waals surface area contributed by atoms with Crippen LogP contribution in [0.1, 0.15) is 22.3 Å². The summed E-state index contributed by atoms with van der Waals surface area (Å²) in [5, 5.41) is 5.69. The number of furan rings is 1. The van der Waals surface area contributed by atoms with E-state index < -0.39 is 5.41 Å². The third-order valence-corrected chi connectivity index (χ3v) is 12.2. The smallest absolute Gasteiger partial charge is 0.197 e. The molecule has 2 aliphatic carbocycles. The highest BCUT2D eigenvalue weighted by Crippen LogP contribution is 2.63. The zero-order valence-electron chi connectivity index (χ0n) is 29.5. The lowest BCUT2D eigenvalue weighted by Gasteiger charge is -2.30. The van der Waals surface area contributed by atoms with E-state index in [2.05, 4.69) is 168 Å². The van der Waals surface area contributed by atoms with Crippen molar-refractivity contribution in [1.29, 1.82) is 0 Å². The fourth-order valence-corrected chi connectivity index (χ4v) is 10.1. The molecule has 0 fully saturated rings. The van der Waals surface area contributed by atoms with E-state index in [9.17, 15) is 0 Å². The Bertz CT molecular complexity index is 3410. The summed E-state index contributed by atoms with van der Waals surface area (Å²) in [6.07, 6.45) is 0. The summed E-state index contributed by atoms with van der Waals surface area (Å²) in [7, 11) is 0. The molecule has 3 heterocycles. The van der Waals surface area contributed by atoms with Crippen molar-refractivity contribution in [2.75, 3.05) is 0 Å². The fourth-order valence-electron chi connectivity index (χ4n) is 10.1. The summed E-state index contributed by atoms with van der Waals surface area (Å²) in [6, 6.07) is 63.5. The lowest BCUT2D eigenvalue weighted by molar-refractivity contribution is 0.662. The van der Waals surface area contributed by atoms with Crippen LogP contribution in [-0.2, 0) is 5.41 Å². The van der Waals surface area contributed by atoms with Crippen molar-refractivity contribution >= 4 is 54.6 Å². The van der Waals surface area contributed by atoms with Crippen LogP contribution in [0.5, 0.6) is 0 Å². The van der Waals surface area contributed by atoms with Gasteiger partial charge in [-0.2, -0.15) is 0 Å². The molecule has 0 bridgehead atoms. The molecule has 3 aromatic heterocycles. The van der Waals surface area contributed by atoms with Crippen LogP contribution in [0, 0.1) is 0 Å². The van der Waals surface area contributed by atoms with Gasteiger partial charge in [-0.15, -0.1) is 0 Å². The number of para-hydroxylation sites is 2. The Morgan fingerprint density at radius 2 is 1.02 bits per heavy atom. The molecule has 2 aliphatic rings. The molecular weight excluding hydrogens is 671 g/mol. The largest absolute Gasteiger partial charge is 0.450 e. The third-order valence-electron chi connectivity index (χ3n) is 12.2. The van der Waals surface area contributed by atoms with Crippen molar-refractivity contribution in [3.8, 4) is 39.5 Å². The molecule has 0 radical (unpaired) electrons. The standard InChI is InChI=1S/C51H29N3O/c1-2-15-31-29-44-38(28-30(31)14-1)34-18-6-11-26-43(34)54(44)50-48-47(36-20-7-12-27-45(36)55-48)52-49(53-50)37-21-13-25-42-46(37)35-19-5-10-24-41(35)51(42)39-22-8-3-16-32(39)33-17-4-9-23-40(33)51/h1-29H. The Labute approximate surface area is 315 Å². The molecule has 0 amide bonds. The zero-order valence-corrected chi connectivity index (χ0v) is 29.5. The molecule has 55 heavy (non-hydrogen) atoms. The van der Waals surface area contributed by atoms with Gasteiger partial charge < -0.3 is 4.42 Å². The Hall–Kier alpha value is -7.30. The summed E-state index contributed by atoms with van der Waals surface area (Å²) < 4.78 is 9.03. The van der Waals surface area contributed by atoms with Gasteiger partial charge in [0.25, 0.3) is 0 Å². The van der Waals surface area contributed by atoms with Crippen molar-refractivity contribution in [3.05, 3.63) is 198 Å². The summed E-state index contributed by atoms with van der Waals surface area (Å²) >= 11 is 0. The number of fused-ring (bicyclic) bond motifs is 17. The first-order chi connectivity index (χ1) is 27.3.